The summed E-state index contributed by atoms with van der Waals surface area (Å²) in [6.45, 7) is 2.89. The number of carbonyl (C=O) groups is 1. The quantitative estimate of drug-likeness (QED) is 0.925. The van der Waals surface area contributed by atoms with Crippen molar-refractivity contribution in [3.05, 3.63) is 47.9 Å². The largest absolute Gasteiger partial charge is 0.339 e. The fourth-order valence-corrected chi connectivity index (χ4v) is 3.21. The second-order valence-corrected chi connectivity index (χ2v) is 6.13. The summed E-state index contributed by atoms with van der Waals surface area (Å²) in [6.07, 6.45) is 5.60. The molecule has 1 aliphatic heterocycles. The van der Waals surface area contributed by atoms with Crippen molar-refractivity contribution in [3.8, 4) is 6.07 Å². The number of nitrogens with zero attached hydrogens (tertiary/aromatic N) is 4. The molecular formula is C19H21N5O. The number of piperidine rings is 1. The predicted octanol–water partition coefficient (Wildman–Crippen LogP) is 3.50. The number of nitrogens with one attached hydrogen (secondary N) is 1. The van der Waals surface area contributed by atoms with Crippen molar-refractivity contribution in [2.45, 2.75) is 38.6 Å². The summed E-state index contributed by atoms with van der Waals surface area (Å²) in [7, 11) is 0. The fraction of sp³-hybridized carbons (Fsp3) is 0.368. The third-order valence-corrected chi connectivity index (χ3v) is 4.56. The Morgan fingerprint density at radius 1 is 1.36 bits per heavy atom. The molecule has 1 fully saturated rings. The highest BCUT2D eigenvalue weighted by molar-refractivity contribution is 5.93. The van der Waals surface area contributed by atoms with Gasteiger partial charge in [0.05, 0.1) is 11.3 Å². The Kier molecular flexibility index (Phi) is 5.24. The highest BCUT2D eigenvalue weighted by Gasteiger charge is 2.27. The Labute approximate surface area is 147 Å². The van der Waals surface area contributed by atoms with Crippen molar-refractivity contribution >= 4 is 17.4 Å². The smallest absolute Gasteiger partial charge is 0.272 e. The second-order valence-electron chi connectivity index (χ2n) is 6.13. The van der Waals surface area contributed by atoms with Crippen LogP contribution in [0.1, 0.15) is 48.7 Å². The molecule has 1 N–H and O–H groups in total. The van der Waals surface area contributed by atoms with Crippen LogP contribution in [0.2, 0.25) is 0 Å². The molecule has 25 heavy (non-hydrogen) atoms. The number of aromatic nitrogens is 2. The summed E-state index contributed by atoms with van der Waals surface area (Å²) >= 11 is 0. The maximum Gasteiger partial charge on any atom is 0.272 e. The minimum absolute atomic E-state index is 0.0504. The third kappa shape index (κ3) is 3.77. The molecule has 128 valence electrons. The van der Waals surface area contributed by atoms with Gasteiger partial charge in [-0.25, -0.2) is 9.97 Å². The van der Waals surface area contributed by atoms with Crippen molar-refractivity contribution in [1.29, 1.82) is 5.26 Å². The molecule has 0 aliphatic carbocycles. The van der Waals surface area contributed by atoms with Crippen LogP contribution in [0.3, 0.4) is 0 Å². The van der Waals surface area contributed by atoms with E-state index in [1.165, 1.54) is 12.7 Å². The summed E-state index contributed by atoms with van der Waals surface area (Å²) in [5, 5.41) is 12.3. The van der Waals surface area contributed by atoms with E-state index in [4.69, 9.17) is 0 Å². The van der Waals surface area contributed by atoms with Gasteiger partial charge in [0.15, 0.2) is 0 Å². The van der Waals surface area contributed by atoms with E-state index < -0.39 is 0 Å². The lowest BCUT2D eigenvalue weighted by atomic mass is 9.99. The molecule has 0 spiro atoms. The van der Waals surface area contributed by atoms with Gasteiger partial charge in [-0.3, -0.25) is 4.79 Å². The van der Waals surface area contributed by atoms with Crippen LogP contribution in [0.4, 0.5) is 11.5 Å². The summed E-state index contributed by atoms with van der Waals surface area (Å²) in [6, 6.07) is 11.3. The van der Waals surface area contributed by atoms with Gasteiger partial charge in [0.25, 0.3) is 5.91 Å². The van der Waals surface area contributed by atoms with Crippen molar-refractivity contribution in [2.24, 2.45) is 0 Å². The second kappa shape index (κ2) is 7.75. The maximum atomic E-state index is 12.9. The van der Waals surface area contributed by atoms with E-state index in [-0.39, 0.29) is 11.9 Å². The third-order valence-electron chi connectivity index (χ3n) is 4.56. The van der Waals surface area contributed by atoms with E-state index in [0.717, 1.165) is 25.8 Å². The van der Waals surface area contributed by atoms with Gasteiger partial charge in [-0.1, -0.05) is 19.1 Å². The molecule has 1 atom stereocenters. The fourth-order valence-electron chi connectivity index (χ4n) is 3.21. The average molecular weight is 335 g/mol. The zero-order valence-corrected chi connectivity index (χ0v) is 14.3. The lowest BCUT2D eigenvalue weighted by molar-refractivity contribution is 0.0602. The highest BCUT2D eigenvalue weighted by Crippen LogP contribution is 2.23. The van der Waals surface area contributed by atoms with Crippen molar-refractivity contribution < 1.29 is 4.79 Å². The minimum Gasteiger partial charge on any atom is -0.339 e. The molecule has 1 amide bonds. The summed E-state index contributed by atoms with van der Waals surface area (Å²) in [5.41, 5.74) is 1.56. The standard InChI is InChI=1S/C19H21N5O/c1-2-15-8-5-6-10-24(15)19(25)17-11-18(22-13-21-17)23-16-9-4-3-7-14(16)12-20/h3-4,7,9,11,13,15H,2,5-6,8,10H2,1H3,(H,21,22,23). The number of likely N-dealkylation sites (tertiary alicyclic amines) is 1. The van der Waals surface area contributed by atoms with Gasteiger partial charge in [0.2, 0.25) is 0 Å². The molecule has 0 saturated carbocycles. The van der Waals surface area contributed by atoms with Gasteiger partial charge in [-0.15, -0.1) is 0 Å². The number of para-hydroxylation sites is 1. The number of hydrogen-bond donors (Lipinski definition) is 1. The number of carbonyl (C=O) groups excluding carboxylic acids is 1. The molecule has 1 aromatic carbocycles. The molecule has 1 saturated heterocycles. The Hall–Kier alpha value is -2.94. The number of hydrogen-bond acceptors (Lipinski definition) is 5. The number of benzene rings is 1. The van der Waals surface area contributed by atoms with Crippen LogP contribution in [0.25, 0.3) is 0 Å². The molecule has 1 aliphatic rings. The van der Waals surface area contributed by atoms with Crippen molar-refractivity contribution in [2.75, 3.05) is 11.9 Å². The molecule has 3 rings (SSSR count). The van der Waals surface area contributed by atoms with E-state index >= 15 is 0 Å². The number of nitriles is 1. The van der Waals surface area contributed by atoms with Gasteiger partial charge >= 0.3 is 0 Å². The first-order valence-corrected chi connectivity index (χ1v) is 8.62. The monoisotopic (exact) mass is 335 g/mol. The van der Waals surface area contributed by atoms with Crippen LogP contribution in [0.15, 0.2) is 36.7 Å². The van der Waals surface area contributed by atoms with Crippen molar-refractivity contribution in [1.82, 2.24) is 14.9 Å². The van der Waals surface area contributed by atoms with Crippen LogP contribution in [0, 0.1) is 11.3 Å². The Balaban J connectivity index is 1.81. The van der Waals surface area contributed by atoms with Crippen LogP contribution < -0.4 is 5.32 Å². The van der Waals surface area contributed by atoms with Gasteiger partial charge in [0, 0.05) is 18.7 Å². The maximum absolute atomic E-state index is 12.9. The van der Waals surface area contributed by atoms with Crippen LogP contribution in [-0.2, 0) is 0 Å². The zero-order chi connectivity index (χ0) is 17.6. The van der Waals surface area contributed by atoms with E-state index in [0.29, 0.717) is 22.8 Å². The summed E-state index contributed by atoms with van der Waals surface area (Å²) in [4.78, 5) is 23.1. The molecule has 6 heteroatoms. The molecule has 0 radical (unpaired) electrons. The van der Waals surface area contributed by atoms with Gasteiger partial charge < -0.3 is 10.2 Å². The van der Waals surface area contributed by atoms with Crippen LogP contribution >= 0.6 is 0 Å². The topological polar surface area (TPSA) is 81.9 Å². The van der Waals surface area contributed by atoms with E-state index in [9.17, 15) is 10.1 Å². The Morgan fingerprint density at radius 2 is 2.20 bits per heavy atom. The normalized spacial score (nSPS) is 17.0. The van der Waals surface area contributed by atoms with E-state index in [2.05, 4.69) is 28.3 Å². The number of amides is 1. The lowest BCUT2D eigenvalue weighted by Crippen LogP contribution is -2.43. The highest BCUT2D eigenvalue weighted by atomic mass is 16.2. The number of rotatable bonds is 4. The Morgan fingerprint density at radius 3 is 3.00 bits per heavy atom. The predicted molar refractivity (Wildman–Crippen MR) is 95.4 cm³/mol. The van der Waals surface area contributed by atoms with Gasteiger partial charge in [0.1, 0.15) is 23.9 Å². The summed E-state index contributed by atoms with van der Waals surface area (Å²) < 4.78 is 0. The molecular weight excluding hydrogens is 314 g/mol. The first kappa shape index (κ1) is 16.9. The molecule has 2 aromatic rings. The van der Waals surface area contributed by atoms with E-state index in [1.807, 2.05) is 11.0 Å². The van der Waals surface area contributed by atoms with E-state index in [1.54, 1.807) is 24.3 Å². The molecule has 1 aromatic heterocycles. The summed E-state index contributed by atoms with van der Waals surface area (Å²) in [5.74, 6) is 0.455. The van der Waals surface area contributed by atoms with Gasteiger partial charge in [-0.05, 0) is 37.8 Å². The zero-order valence-electron chi connectivity index (χ0n) is 14.3. The van der Waals surface area contributed by atoms with Gasteiger partial charge in [-0.2, -0.15) is 5.26 Å². The van der Waals surface area contributed by atoms with Crippen molar-refractivity contribution in [3.63, 3.8) is 0 Å². The molecule has 1 unspecified atom stereocenters. The Bertz CT molecular complexity index is 798. The first-order valence-electron chi connectivity index (χ1n) is 8.62. The van der Waals surface area contributed by atoms with Crippen LogP contribution in [-0.4, -0.2) is 33.4 Å². The molecule has 0 bridgehead atoms. The average Bonchev–Trinajstić information content (AvgIpc) is 2.68. The lowest BCUT2D eigenvalue weighted by Gasteiger charge is -2.35. The SMILES string of the molecule is CCC1CCCCN1C(=O)c1cc(Nc2ccccc2C#N)ncn1. The molecule has 6 nitrogen and oxygen atoms in total. The van der Waals surface area contributed by atoms with Crippen LogP contribution in [0.5, 0.6) is 0 Å². The molecule has 2 heterocycles. The number of anilines is 2. The minimum atomic E-state index is -0.0504. The first-order chi connectivity index (χ1) is 12.2.